The number of nitrogens with zero attached hydrogens (tertiary/aromatic N) is 3. The number of amides is 1. The van der Waals surface area contributed by atoms with Gasteiger partial charge in [-0.3, -0.25) is 9.79 Å². The van der Waals surface area contributed by atoms with E-state index in [2.05, 4.69) is 50.3 Å². The second kappa shape index (κ2) is 12.0. The lowest BCUT2D eigenvalue weighted by Gasteiger charge is -2.13. The van der Waals surface area contributed by atoms with Gasteiger partial charge in [-0.05, 0) is 47.9 Å². The number of aromatic nitrogens is 2. The van der Waals surface area contributed by atoms with Crippen LogP contribution in [0.4, 0.5) is 5.69 Å². The summed E-state index contributed by atoms with van der Waals surface area (Å²) in [5, 5.41) is 13.7. The van der Waals surface area contributed by atoms with Crippen molar-refractivity contribution in [3.05, 3.63) is 78.1 Å². The van der Waals surface area contributed by atoms with Crippen molar-refractivity contribution in [3.8, 4) is 5.69 Å². The predicted molar refractivity (Wildman–Crippen MR) is 132 cm³/mol. The predicted octanol–water partition coefficient (Wildman–Crippen LogP) is 3.36. The van der Waals surface area contributed by atoms with Gasteiger partial charge in [0.2, 0.25) is 5.91 Å². The Balaban J connectivity index is 0.00000320. The maximum atomic E-state index is 11.2. The molecule has 0 radical (unpaired) electrons. The Labute approximate surface area is 194 Å². The van der Waals surface area contributed by atoms with Crippen LogP contribution in [0.5, 0.6) is 0 Å². The fourth-order valence-corrected chi connectivity index (χ4v) is 2.93. The Bertz CT molecular complexity index is 954. The maximum absolute atomic E-state index is 11.2. The minimum Gasteiger partial charge on any atom is -0.356 e. The topological polar surface area (TPSA) is 83.3 Å². The molecule has 0 aliphatic rings. The van der Waals surface area contributed by atoms with E-state index in [0.29, 0.717) is 6.54 Å². The maximum Gasteiger partial charge on any atom is 0.221 e. The molecule has 0 unspecified atom stereocenters. The van der Waals surface area contributed by atoms with Crippen molar-refractivity contribution >= 4 is 41.5 Å². The van der Waals surface area contributed by atoms with Crippen LogP contribution in [0.2, 0.25) is 0 Å². The van der Waals surface area contributed by atoms with E-state index in [9.17, 15) is 4.79 Å². The van der Waals surface area contributed by atoms with Crippen molar-refractivity contribution < 1.29 is 4.79 Å². The van der Waals surface area contributed by atoms with Gasteiger partial charge >= 0.3 is 0 Å². The summed E-state index contributed by atoms with van der Waals surface area (Å²) in [6.45, 7) is 2.89. The van der Waals surface area contributed by atoms with E-state index in [1.807, 2.05) is 41.2 Å². The number of benzene rings is 2. The summed E-state index contributed by atoms with van der Waals surface area (Å²) < 4.78 is 1.84. The zero-order valence-electron chi connectivity index (χ0n) is 17.1. The molecule has 0 aliphatic carbocycles. The summed E-state index contributed by atoms with van der Waals surface area (Å²) in [5.74, 6) is 0.660. The van der Waals surface area contributed by atoms with E-state index in [1.54, 1.807) is 13.2 Å². The van der Waals surface area contributed by atoms with Gasteiger partial charge in [0.05, 0.1) is 5.69 Å². The van der Waals surface area contributed by atoms with Gasteiger partial charge in [0, 0.05) is 45.1 Å². The third-order valence-electron chi connectivity index (χ3n) is 4.34. The van der Waals surface area contributed by atoms with Crippen molar-refractivity contribution in [1.29, 1.82) is 0 Å². The number of hydrogen-bond donors (Lipinski definition) is 3. The Morgan fingerprint density at radius 2 is 1.87 bits per heavy atom. The minimum absolute atomic E-state index is 0. The number of rotatable bonds is 7. The van der Waals surface area contributed by atoms with Crippen LogP contribution in [0.3, 0.4) is 0 Å². The molecule has 0 spiro atoms. The van der Waals surface area contributed by atoms with Crippen LogP contribution in [0.25, 0.3) is 5.69 Å². The summed E-state index contributed by atoms with van der Waals surface area (Å²) in [6.07, 6.45) is 4.59. The van der Waals surface area contributed by atoms with Crippen LogP contribution < -0.4 is 16.0 Å². The van der Waals surface area contributed by atoms with Gasteiger partial charge in [0.25, 0.3) is 0 Å². The summed E-state index contributed by atoms with van der Waals surface area (Å²) in [6, 6.07) is 18.0. The quantitative estimate of drug-likeness (QED) is 0.255. The number of halogens is 1. The fraction of sp³-hybridized carbons (Fsp3) is 0.227. The molecule has 158 valence electrons. The lowest BCUT2D eigenvalue weighted by molar-refractivity contribution is -0.114. The highest BCUT2D eigenvalue weighted by Gasteiger charge is 2.02. The molecule has 3 N–H and O–H groups in total. The number of guanidine groups is 1. The molecule has 0 saturated heterocycles. The average molecular weight is 518 g/mol. The van der Waals surface area contributed by atoms with Crippen molar-refractivity contribution in [2.45, 2.75) is 19.9 Å². The molecule has 0 aliphatic heterocycles. The zero-order chi connectivity index (χ0) is 20.5. The molecule has 0 fully saturated rings. The molecular formula is C22H27IN6O. The van der Waals surface area contributed by atoms with Crippen molar-refractivity contribution in [2.24, 2.45) is 4.99 Å². The lowest BCUT2D eigenvalue weighted by Crippen LogP contribution is -2.37. The molecule has 3 aromatic rings. The van der Waals surface area contributed by atoms with E-state index < -0.39 is 0 Å². The Hall–Kier alpha value is -2.88. The van der Waals surface area contributed by atoms with Crippen molar-refractivity contribution in [2.75, 3.05) is 18.9 Å². The summed E-state index contributed by atoms with van der Waals surface area (Å²) in [4.78, 5) is 15.5. The highest BCUT2D eigenvalue weighted by atomic mass is 127. The molecule has 30 heavy (non-hydrogen) atoms. The Morgan fingerprint density at radius 3 is 2.53 bits per heavy atom. The number of hydrogen-bond acceptors (Lipinski definition) is 3. The molecule has 8 heteroatoms. The van der Waals surface area contributed by atoms with Crippen molar-refractivity contribution in [1.82, 2.24) is 20.4 Å². The number of nitrogens with one attached hydrogen (secondary N) is 3. The lowest BCUT2D eigenvalue weighted by atomic mass is 10.1. The second-order valence-corrected chi connectivity index (χ2v) is 6.60. The number of carbonyl (C=O) groups is 1. The molecule has 1 heterocycles. The van der Waals surface area contributed by atoms with Gasteiger partial charge in [-0.1, -0.05) is 24.3 Å². The molecule has 2 aromatic carbocycles. The Morgan fingerprint density at radius 1 is 1.07 bits per heavy atom. The van der Waals surface area contributed by atoms with Crippen LogP contribution in [0.1, 0.15) is 18.1 Å². The SMILES string of the molecule is CN=C(NCCc1ccc(-n2cccn2)cc1)NCc1cccc(NC(C)=O)c1.I. The minimum atomic E-state index is -0.0785. The van der Waals surface area contributed by atoms with Gasteiger partial charge in [-0.25, -0.2) is 4.68 Å². The smallest absolute Gasteiger partial charge is 0.221 e. The number of anilines is 1. The van der Waals surface area contributed by atoms with Crippen LogP contribution >= 0.6 is 24.0 Å². The standard InChI is InChI=1S/C22H26N6O.HI/c1-17(29)27-20-6-3-5-19(15-20)16-25-22(23-2)24-13-11-18-7-9-21(10-8-18)28-14-4-12-26-28;/h3-10,12,14-15H,11,13,16H2,1-2H3,(H,27,29)(H2,23,24,25);1H. The first kappa shape index (κ1) is 23.4. The van der Waals surface area contributed by atoms with Crippen molar-refractivity contribution in [3.63, 3.8) is 0 Å². The fourth-order valence-electron chi connectivity index (χ4n) is 2.93. The summed E-state index contributed by atoms with van der Waals surface area (Å²) >= 11 is 0. The molecule has 0 bridgehead atoms. The van der Waals surface area contributed by atoms with Gasteiger partial charge in [0.1, 0.15) is 0 Å². The third-order valence-corrected chi connectivity index (χ3v) is 4.34. The monoisotopic (exact) mass is 518 g/mol. The molecule has 0 atom stereocenters. The molecule has 1 amide bonds. The van der Waals surface area contributed by atoms with E-state index in [0.717, 1.165) is 35.9 Å². The first-order valence-electron chi connectivity index (χ1n) is 9.54. The summed E-state index contributed by atoms with van der Waals surface area (Å²) in [5.41, 5.74) is 4.14. The van der Waals surface area contributed by atoms with Gasteiger partial charge in [-0.2, -0.15) is 5.10 Å². The number of aliphatic imine (C=N–C) groups is 1. The van der Waals surface area contributed by atoms with E-state index in [1.165, 1.54) is 12.5 Å². The first-order chi connectivity index (χ1) is 14.1. The van der Waals surface area contributed by atoms with E-state index >= 15 is 0 Å². The second-order valence-electron chi connectivity index (χ2n) is 6.60. The Kier molecular flexibility index (Phi) is 9.33. The van der Waals surface area contributed by atoms with Crippen LogP contribution in [-0.4, -0.2) is 35.2 Å². The molecular weight excluding hydrogens is 491 g/mol. The van der Waals surface area contributed by atoms with Crippen LogP contribution in [0, 0.1) is 0 Å². The zero-order valence-corrected chi connectivity index (χ0v) is 19.5. The number of carbonyl (C=O) groups excluding carboxylic acids is 1. The highest BCUT2D eigenvalue weighted by Crippen LogP contribution is 2.11. The third kappa shape index (κ3) is 7.18. The molecule has 0 saturated carbocycles. The van der Waals surface area contributed by atoms with Gasteiger partial charge < -0.3 is 16.0 Å². The van der Waals surface area contributed by atoms with E-state index in [4.69, 9.17) is 0 Å². The molecule has 7 nitrogen and oxygen atoms in total. The summed E-state index contributed by atoms with van der Waals surface area (Å²) in [7, 11) is 1.75. The first-order valence-corrected chi connectivity index (χ1v) is 9.54. The van der Waals surface area contributed by atoms with Gasteiger partial charge in [0.15, 0.2) is 5.96 Å². The van der Waals surface area contributed by atoms with Gasteiger partial charge in [-0.15, -0.1) is 24.0 Å². The van der Waals surface area contributed by atoms with Crippen LogP contribution in [0.15, 0.2) is 72.0 Å². The highest BCUT2D eigenvalue weighted by molar-refractivity contribution is 14.0. The molecule has 3 rings (SSSR count). The molecule has 1 aromatic heterocycles. The average Bonchev–Trinajstić information content (AvgIpc) is 3.26. The van der Waals surface area contributed by atoms with E-state index in [-0.39, 0.29) is 29.9 Å². The van der Waals surface area contributed by atoms with Crippen LogP contribution in [-0.2, 0) is 17.8 Å². The normalized spacial score (nSPS) is 10.8. The largest absolute Gasteiger partial charge is 0.356 e.